The Bertz CT molecular complexity index is 504. The van der Waals surface area contributed by atoms with E-state index in [1.807, 2.05) is 0 Å². The minimum atomic E-state index is 0.359. The van der Waals surface area contributed by atoms with Gasteiger partial charge in [0.15, 0.2) is 0 Å². The summed E-state index contributed by atoms with van der Waals surface area (Å²) < 4.78 is 0. The van der Waals surface area contributed by atoms with Crippen LogP contribution < -0.4 is 0 Å². The van der Waals surface area contributed by atoms with Crippen LogP contribution in [-0.4, -0.2) is 5.78 Å². The van der Waals surface area contributed by atoms with Gasteiger partial charge in [-0.1, -0.05) is 24.3 Å². The van der Waals surface area contributed by atoms with Crippen molar-refractivity contribution in [3.63, 3.8) is 0 Å². The Labute approximate surface area is 109 Å². The lowest BCUT2D eigenvalue weighted by atomic mass is 9.75. The van der Waals surface area contributed by atoms with E-state index in [4.69, 9.17) is 0 Å². The molecule has 94 valence electrons. The van der Waals surface area contributed by atoms with E-state index >= 15 is 0 Å². The zero-order valence-corrected chi connectivity index (χ0v) is 10.9. The second kappa shape index (κ2) is 3.69. The largest absolute Gasteiger partial charge is 0.300 e. The van der Waals surface area contributed by atoms with Gasteiger partial charge in [0.1, 0.15) is 5.78 Å². The van der Waals surface area contributed by atoms with Gasteiger partial charge < -0.3 is 4.79 Å². The van der Waals surface area contributed by atoms with Crippen LogP contribution in [0.5, 0.6) is 0 Å². The van der Waals surface area contributed by atoms with Gasteiger partial charge in [-0.15, -0.1) is 0 Å². The fourth-order valence-electron chi connectivity index (χ4n) is 5.29. The highest BCUT2D eigenvalue weighted by Crippen LogP contribution is 2.65. The third kappa shape index (κ3) is 1.31. The summed E-state index contributed by atoms with van der Waals surface area (Å²) in [4.78, 5) is 11.6. The molecule has 2 saturated carbocycles. The fraction of sp³-hybridized carbons (Fsp3) is 0.588. The van der Waals surface area contributed by atoms with Gasteiger partial charge in [-0.2, -0.15) is 0 Å². The Morgan fingerprint density at radius 2 is 1.89 bits per heavy atom. The van der Waals surface area contributed by atoms with Gasteiger partial charge in [-0.3, -0.25) is 0 Å². The van der Waals surface area contributed by atoms with Gasteiger partial charge in [-0.25, -0.2) is 0 Å². The van der Waals surface area contributed by atoms with Crippen LogP contribution >= 0.6 is 0 Å². The summed E-state index contributed by atoms with van der Waals surface area (Å²) in [7, 11) is 0. The molecule has 0 N–H and O–H groups in total. The Morgan fingerprint density at radius 1 is 1.17 bits per heavy atom. The first-order chi connectivity index (χ1) is 8.75. The number of fused-ring (bicyclic) bond motifs is 7. The topological polar surface area (TPSA) is 17.1 Å². The van der Waals surface area contributed by atoms with Gasteiger partial charge in [0.2, 0.25) is 0 Å². The Kier molecular flexibility index (Phi) is 2.21. The van der Waals surface area contributed by atoms with Crippen LogP contribution in [0.4, 0.5) is 0 Å². The van der Waals surface area contributed by atoms with Gasteiger partial charge in [-0.05, 0) is 66.9 Å². The molecule has 2 fully saturated rings. The van der Waals surface area contributed by atoms with E-state index in [1.54, 1.807) is 12.5 Å². The van der Waals surface area contributed by atoms with E-state index in [0.717, 1.165) is 30.1 Å². The predicted molar refractivity (Wildman–Crippen MR) is 71.5 cm³/mol. The van der Waals surface area contributed by atoms with E-state index in [9.17, 15) is 4.79 Å². The number of carbonyl (C=O) groups is 1. The van der Waals surface area contributed by atoms with E-state index in [0.29, 0.717) is 11.7 Å². The lowest BCUT2D eigenvalue weighted by Crippen LogP contribution is -2.21. The smallest absolute Gasteiger partial charge is 0.130 e. The molecule has 0 saturated heterocycles. The fourth-order valence-corrected chi connectivity index (χ4v) is 5.29. The standard InChI is InChI=1S/C17H20O/c1-10(18)8-15-13-4-2-3-5-14(13)16-11-6-7-12(9-11)17(15)16/h2-5,11-12,15-17H,6-9H2,1H3/t11-,12+,15-,16-,17+/m1/s1. The number of carbonyl (C=O) groups excluding carboxylic acids is 1. The maximum atomic E-state index is 11.6. The Hall–Kier alpha value is -1.11. The highest BCUT2D eigenvalue weighted by molar-refractivity contribution is 5.77. The van der Waals surface area contributed by atoms with E-state index in [2.05, 4.69) is 24.3 Å². The minimum absolute atomic E-state index is 0.359. The Morgan fingerprint density at radius 3 is 2.67 bits per heavy atom. The third-order valence-electron chi connectivity index (χ3n) is 5.71. The summed E-state index contributed by atoms with van der Waals surface area (Å²) in [5.74, 6) is 4.27. The van der Waals surface area contributed by atoms with Crippen LogP contribution in [0.25, 0.3) is 0 Å². The molecule has 0 radical (unpaired) electrons. The number of hydrogen-bond donors (Lipinski definition) is 0. The van der Waals surface area contributed by atoms with Crippen molar-refractivity contribution in [2.45, 2.75) is 44.4 Å². The quantitative estimate of drug-likeness (QED) is 0.766. The highest BCUT2D eigenvalue weighted by Gasteiger charge is 2.55. The molecule has 0 aromatic heterocycles. The zero-order valence-electron chi connectivity index (χ0n) is 10.9. The van der Waals surface area contributed by atoms with Crippen molar-refractivity contribution in [2.75, 3.05) is 0 Å². The molecule has 1 aromatic rings. The molecule has 4 rings (SSSR count). The number of hydrogen-bond acceptors (Lipinski definition) is 1. The third-order valence-corrected chi connectivity index (χ3v) is 5.71. The number of Topliss-reactive ketones (excluding diaryl/α,β-unsaturated/α-hetero) is 1. The van der Waals surface area contributed by atoms with Crippen molar-refractivity contribution >= 4 is 5.78 Å². The predicted octanol–water partition coefficient (Wildman–Crippen LogP) is 3.89. The molecule has 3 aliphatic carbocycles. The summed E-state index contributed by atoms with van der Waals surface area (Å²) in [6.07, 6.45) is 5.03. The maximum Gasteiger partial charge on any atom is 0.130 e. The second-order valence-corrected chi connectivity index (χ2v) is 6.58. The van der Waals surface area contributed by atoms with Crippen LogP contribution in [-0.2, 0) is 4.79 Å². The van der Waals surface area contributed by atoms with Crippen molar-refractivity contribution in [1.29, 1.82) is 0 Å². The Balaban J connectivity index is 1.81. The second-order valence-electron chi connectivity index (χ2n) is 6.58. The molecule has 2 bridgehead atoms. The lowest BCUT2D eigenvalue weighted by molar-refractivity contribution is -0.117. The average molecular weight is 240 g/mol. The maximum absolute atomic E-state index is 11.6. The molecule has 18 heavy (non-hydrogen) atoms. The molecule has 0 aliphatic heterocycles. The normalized spacial score (nSPS) is 39.7. The molecule has 1 heteroatoms. The van der Waals surface area contributed by atoms with E-state index < -0.39 is 0 Å². The van der Waals surface area contributed by atoms with Gasteiger partial charge in [0.05, 0.1) is 0 Å². The van der Waals surface area contributed by atoms with Crippen LogP contribution in [0.3, 0.4) is 0 Å². The van der Waals surface area contributed by atoms with Crippen molar-refractivity contribution in [2.24, 2.45) is 17.8 Å². The van der Waals surface area contributed by atoms with Crippen LogP contribution in [0.1, 0.15) is 55.6 Å². The van der Waals surface area contributed by atoms with Crippen LogP contribution in [0.2, 0.25) is 0 Å². The van der Waals surface area contributed by atoms with Crippen molar-refractivity contribution < 1.29 is 4.79 Å². The molecule has 0 heterocycles. The van der Waals surface area contributed by atoms with E-state index in [-0.39, 0.29) is 0 Å². The molecular weight excluding hydrogens is 220 g/mol. The van der Waals surface area contributed by atoms with E-state index in [1.165, 1.54) is 24.8 Å². The molecule has 0 spiro atoms. The average Bonchev–Trinajstić information content (AvgIpc) is 3.01. The first-order valence-electron chi connectivity index (χ1n) is 7.34. The van der Waals surface area contributed by atoms with Gasteiger partial charge >= 0.3 is 0 Å². The molecule has 0 unspecified atom stereocenters. The summed E-state index contributed by atoms with van der Waals surface area (Å²) in [5.41, 5.74) is 3.08. The van der Waals surface area contributed by atoms with Crippen molar-refractivity contribution in [3.05, 3.63) is 35.4 Å². The zero-order chi connectivity index (χ0) is 12.3. The monoisotopic (exact) mass is 240 g/mol. The molecular formula is C17H20O. The van der Waals surface area contributed by atoms with Crippen molar-refractivity contribution in [3.8, 4) is 0 Å². The molecule has 5 atom stereocenters. The number of ketones is 1. The first-order valence-corrected chi connectivity index (χ1v) is 7.34. The summed E-state index contributed by atoms with van der Waals surface area (Å²) in [6.45, 7) is 1.75. The SMILES string of the molecule is CC(=O)C[C@@H]1c2ccccc2[C@H]2[C@@H]3CC[C@@H](C3)[C@H]21. The molecule has 1 aromatic carbocycles. The molecule has 0 amide bonds. The van der Waals surface area contributed by atoms with Crippen LogP contribution in [0.15, 0.2) is 24.3 Å². The summed E-state index contributed by atoms with van der Waals surface area (Å²) in [5, 5.41) is 0. The summed E-state index contributed by atoms with van der Waals surface area (Å²) >= 11 is 0. The first kappa shape index (κ1) is 10.8. The van der Waals surface area contributed by atoms with Gasteiger partial charge in [0, 0.05) is 6.42 Å². The molecule has 1 nitrogen and oxygen atoms in total. The van der Waals surface area contributed by atoms with Crippen LogP contribution in [0, 0.1) is 17.8 Å². The number of rotatable bonds is 2. The van der Waals surface area contributed by atoms with Gasteiger partial charge in [0.25, 0.3) is 0 Å². The highest BCUT2D eigenvalue weighted by atomic mass is 16.1. The lowest BCUT2D eigenvalue weighted by Gasteiger charge is -2.29. The summed E-state index contributed by atoms with van der Waals surface area (Å²) in [6, 6.07) is 8.93. The number of benzene rings is 1. The minimum Gasteiger partial charge on any atom is -0.300 e. The van der Waals surface area contributed by atoms with Crippen molar-refractivity contribution in [1.82, 2.24) is 0 Å². The molecule has 3 aliphatic rings.